The Balaban J connectivity index is 1.56. The lowest BCUT2D eigenvalue weighted by Crippen LogP contribution is -2.28. The molecule has 1 amide bonds. The quantitative estimate of drug-likeness (QED) is 0.443. The van der Waals surface area contributed by atoms with Crippen molar-refractivity contribution >= 4 is 40.0 Å². The van der Waals surface area contributed by atoms with Crippen LogP contribution in [0.1, 0.15) is 5.56 Å². The van der Waals surface area contributed by atoms with Crippen molar-refractivity contribution in [3.05, 3.63) is 94.9 Å². The van der Waals surface area contributed by atoms with Crippen molar-refractivity contribution in [3.63, 3.8) is 0 Å². The zero-order valence-corrected chi connectivity index (χ0v) is 18.0. The molecule has 7 nitrogen and oxygen atoms in total. The van der Waals surface area contributed by atoms with Gasteiger partial charge in [0.2, 0.25) is 5.91 Å². The van der Waals surface area contributed by atoms with E-state index >= 15 is 0 Å². The number of aryl methyl sites for hydroxylation is 1. The molecule has 0 radical (unpaired) electrons. The van der Waals surface area contributed by atoms with E-state index in [9.17, 15) is 9.59 Å². The van der Waals surface area contributed by atoms with Crippen molar-refractivity contribution in [3.8, 4) is 0 Å². The van der Waals surface area contributed by atoms with Crippen LogP contribution in [0.25, 0.3) is 16.7 Å². The van der Waals surface area contributed by atoms with E-state index in [0.29, 0.717) is 27.4 Å². The summed E-state index contributed by atoms with van der Waals surface area (Å²) in [7, 11) is 0. The fourth-order valence-corrected chi connectivity index (χ4v) is 4.39. The van der Waals surface area contributed by atoms with Crippen molar-refractivity contribution in [2.75, 3.05) is 5.32 Å². The Morgan fingerprint density at radius 3 is 2.59 bits per heavy atom. The molecular weight excluding hydrogens is 422 g/mol. The summed E-state index contributed by atoms with van der Waals surface area (Å²) in [5, 5.41) is 7.91. The molecule has 0 atom stereocenters. The number of hydrogen-bond donors (Lipinski definition) is 1. The molecule has 0 aliphatic heterocycles. The maximum atomic E-state index is 13.2. The van der Waals surface area contributed by atoms with Gasteiger partial charge in [-0.2, -0.15) is 0 Å². The average Bonchev–Trinajstić information content (AvgIpc) is 3.11. The highest BCUT2D eigenvalue weighted by atomic mass is 32.2. The molecule has 0 unspecified atom stereocenters. The van der Waals surface area contributed by atoms with Gasteiger partial charge in [-0.25, -0.2) is 18.9 Å². The summed E-state index contributed by atoms with van der Waals surface area (Å²) < 4.78 is 2.71. The van der Waals surface area contributed by atoms with Crippen LogP contribution >= 0.6 is 11.8 Å². The number of para-hydroxylation sites is 2. The van der Waals surface area contributed by atoms with Gasteiger partial charge in [0.1, 0.15) is 11.6 Å². The van der Waals surface area contributed by atoms with Crippen LogP contribution in [0.2, 0.25) is 0 Å². The van der Waals surface area contributed by atoms with Gasteiger partial charge < -0.3 is 5.32 Å². The number of anilines is 1. The fourth-order valence-electron chi connectivity index (χ4n) is 3.50. The monoisotopic (exact) mass is 441 g/mol. The van der Waals surface area contributed by atoms with Crippen molar-refractivity contribution in [1.29, 1.82) is 0 Å². The van der Waals surface area contributed by atoms with Crippen molar-refractivity contribution < 1.29 is 4.79 Å². The minimum absolute atomic E-state index is 0.196. The normalized spacial score (nSPS) is 11.2. The van der Waals surface area contributed by atoms with Gasteiger partial charge in [-0.05, 0) is 48.9 Å². The largest absolute Gasteiger partial charge is 0.351 e. The van der Waals surface area contributed by atoms with E-state index in [0.717, 1.165) is 10.5 Å². The number of rotatable bonds is 5. The number of fused-ring (bicyclic) bond motifs is 3. The van der Waals surface area contributed by atoms with E-state index in [2.05, 4.69) is 10.4 Å². The van der Waals surface area contributed by atoms with Crippen LogP contribution < -0.4 is 11.0 Å². The minimum Gasteiger partial charge on any atom is -0.324 e. The highest BCUT2D eigenvalue weighted by Gasteiger charge is 2.18. The molecule has 0 aliphatic rings. The summed E-state index contributed by atoms with van der Waals surface area (Å²) in [6.45, 7) is 1.75. The molecule has 0 spiro atoms. The standard InChI is InChI=1S/C24H19N5O2S/c1-16-8-7-9-17(14-16)25-21(30)15-28-24(31)29-20-13-6-5-12-19(20)26-23(22(29)27-28)32-18-10-3-2-4-11-18/h2-14H,15H2,1H3,(H,25,30). The molecule has 32 heavy (non-hydrogen) atoms. The second kappa shape index (κ2) is 8.32. The maximum Gasteiger partial charge on any atom is 0.351 e. The van der Waals surface area contributed by atoms with Gasteiger partial charge >= 0.3 is 5.69 Å². The molecule has 158 valence electrons. The Morgan fingerprint density at radius 1 is 1.00 bits per heavy atom. The Bertz CT molecular complexity index is 1510. The van der Waals surface area contributed by atoms with E-state index in [-0.39, 0.29) is 18.1 Å². The molecule has 3 aromatic carbocycles. The van der Waals surface area contributed by atoms with Gasteiger partial charge in [-0.1, -0.05) is 54.2 Å². The van der Waals surface area contributed by atoms with Crippen LogP contribution in [0.5, 0.6) is 0 Å². The molecule has 5 rings (SSSR count). The molecule has 8 heteroatoms. The molecule has 0 aliphatic carbocycles. The summed E-state index contributed by atoms with van der Waals surface area (Å²) >= 11 is 1.43. The molecule has 1 N–H and O–H groups in total. The highest BCUT2D eigenvalue weighted by Crippen LogP contribution is 2.30. The number of nitrogens with one attached hydrogen (secondary N) is 1. The van der Waals surface area contributed by atoms with Crippen LogP contribution in [0.4, 0.5) is 5.69 Å². The first-order valence-electron chi connectivity index (χ1n) is 10.1. The topological polar surface area (TPSA) is 81.3 Å². The first-order valence-corrected chi connectivity index (χ1v) is 10.9. The van der Waals surface area contributed by atoms with Gasteiger partial charge in [0.15, 0.2) is 5.65 Å². The summed E-state index contributed by atoms with van der Waals surface area (Å²) in [4.78, 5) is 31.6. The van der Waals surface area contributed by atoms with Crippen LogP contribution in [0, 0.1) is 6.92 Å². The molecule has 0 bridgehead atoms. The minimum atomic E-state index is -0.382. The highest BCUT2D eigenvalue weighted by molar-refractivity contribution is 7.99. The number of nitrogens with zero attached hydrogens (tertiary/aromatic N) is 4. The van der Waals surface area contributed by atoms with Crippen LogP contribution in [0.15, 0.2) is 93.6 Å². The van der Waals surface area contributed by atoms with Crippen molar-refractivity contribution in [2.24, 2.45) is 0 Å². The zero-order chi connectivity index (χ0) is 22.1. The van der Waals surface area contributed by atoms with Crippen LogP contribution in [-0.2, 0) is 11.3 Å². The lowest BCUT2D eigenvalue weighted by atomic mass is 10.2. The zero-order valence-electron chi connectivity index (χ0n) is 17.2. The smallest absolute Gasteiger partial charge is 0.324 e. The predicted octanol–water partition coefficient (Wildman–Crippen LogP) is 4.14. The lowest BCUT2D eigenvalue weighted by molar-refractivity contribution is -0.117. The second-order valence-corrected chi connectivity index (χ2v) is 8.40. The van der Waals surface area contributed by atoms with Crippen LogP contribution in [0.3, 0.4) is 0 Å². The Morgan fingerprint density at radius 2 is 1.78 bits per heavy atom. The average molecular weight is 442 g/mol. The lowest BCUT2D eigenvalue weighted by Gasteiger charge is -2.05. The first-order chi connectivity index (χ1) is 15.6. The van der Waals surface area contributed by atoms with E-state index in [1.54, 1.807) is 0 Å². The number of hydrogen-bond acceptors (Lipinski definition) is 5. The van der Waals surface area contributed by atoms with Crippen molar-refractivity contribution in [1.82, 2.24) is 19.2 Å². The Labute approximate surface area is 187 Å². The van der Waals surface area contributed by atoms with Crippen molar-refractivity contribution in [2.45, 2.75) is 23.4 Å². The van der Waals surface area contributed by atoms with Gasteiger partial charge in [0.05, 0.1) is 11.0 Å². The molecule has 5 aromatic rings. The van der Waals surface area contributed by atoms with E-state index < -0.39 is 0 Å². The number of carbonyl (C=O) groups excluding carboxylic acids is 1. The molecule has 0 fully saturated rings. The first kappa shape index (κ1) is 20.0. The van der Waals surface area contributed by atoms with E-state index in [1.807, 2.05) is 85.8 Å². The van der Waals surface area contributed by atoms with Gasteiger partial charge in [0.25, 0.3) is 0 Å². The molecular formula is C24H19N5O2S. The number of carbonyl (C=O) groups is 1. The maximum absolute atomic E-state index is 13.2. The number of aromatic nitrogens is 4. The summed E-state index contributed by atoms with van der Waals surface area (Å²) in [5.74, 6) is -0.323. The number of amides is 1. The third kappa shape index (κ3) is 3.88. The summed E-state index contributed by atoms with van der Waals surface area (Å²) in [5.41, 5.74) is 3.09. The molecule has 2 aromatic heterocycles. The van der Waals surface area contributed by atoms with Gasteiger partial charge in [-0.3, -0.25) is 4.79 Å². The van der Waals surface area contributed by atoms with Gasteiger partial charge in [0, 0.05) is 10.6 Å². The van der Waals surface area contributed by atoms with E-state index in [4.69, 9.17) is 4.98 Å². The molecule has 0 saturated carbocycles. The Kier molecular flexibility index (Phi) is 5.20. The molecule has 0 saturated heterocycles. The number of benzene rings is 3. The second-order valence-electron chi connectivity index (χ2n) is 7.34. The fraction of sp³-hybridized carbons (Fsp3) is 0.0833. The SMILES string of the molecule is Cc1cccc(NC(=O)Cn2nc3c(Sc4ccccc4)nc4ccccc4n3c2=O)c1. The molecule has 2 heterocycles. The Hall–Kier alpha value is -3.91. The summed E-state index contributed by atoms with van der Waals surface area (Å²) in [6, 6.07) is 24.7. The van der Waals surface area contributed by atoms with Gasteiger partial charge in [-0.15, -0.1) is 5.10 Å². The third-order valence-corrected chi connectivity index (χ3v) is 5.90. The van der Waals surface area contributed by atoms with E-state index in [1.165, 1.54) is 20.8 Å². The third-order valence-electron chi connectivity index (χ3n) is 4.93. The van der Waals surface area contributed by atoms with Crippen LogP contribution in [-0.4, -0.2) is 25.1 Å². The summed E-state index contributed by atoms with van der Waals surface area (Å²) in [6.07, 6.45) is 0. The predicted molar refractivity (Wildman–Crippen MR) is 125 cm³/mol.